The van der Waals surface area contributed by atoms with Gasteiger partial charge in [-0.1, -0.05) is 37.0 Å². The summed E-state index contributed by atoms with van der Waals surface area (Å²) in [7, 11) is 0. The van der Waals surface area contributed by atoms with Crippen molar-refractivity contribution in [2.24, 2.45) is 0 Å². The van der Waals surface area contributed by atoms with Crippen molar-refractivity contribution in [3.8, 4) is 0 Å². The van der Waals surface area contributed by atoms with Gasteiger partial charge in [-0.15, -0.1) is 22.7 Å². The summed E-state index contributed by atoms with van der Waals surface area (Å²) in [4.78, 5) is 2.59. The molecule has 0 fully saturated rings. The minimum Gasteiger partial charge on any atom is -0.141 e. The van der Waals surface area contributed by atoms with Crippen LogP contribution in [0.1, 0.15) is 38.9 Å². The molecule has 0 aliphatic carbocycles. The molecule has 0 aliphatic heterocycles. The highest BCUT2D eigenvalue weighted by molar-refractivity contribution is 7.25. The summed E-state index contributed by atoms with van der Waals surface area (Å²) >= 11 is 3.68. The van der Waals surface area contributed by atoms with Crippen LogP contribution in [0, 0.1) is 20.8 Å². The van der Waals surface area contributed by atoms with E-state index in [0.29, 0.717) is 0 Å². The summed E-state index contributed by atoms with van der Waals surface area (Å²) in [5, 5.41) is 2.69. The molecule has 4 rings (SSSR count). The summed E-state index contributed by atoms with van der Waals surface area (Å²) in [6, 6.07) is 13.7. The fourth-order valence-corrected chi connectivity index (χ4v) is 5.76. The van der Waals surface area contributed by atoms with E-state index in [4.69, 9.17) is 0 Å². The van der Waals surface area contributed by atoms with Crippen LogP contribution in [-0.4, -0.2) is 0 Å². The Morgan fingerprint density at radius 2 is 1.37 bits per heavy atom. The highest BCUT2D eigenvalue weighted by atomic mass is 32.1. The third-order valence-electron chi connectivity index (χ3n) is 5.51. The number of hydrogen-bond donors (Lipinski definition) is 0. The summed E-state index contributed by atoms with van der Waals surface area (Å²) < 4.78 is 2.66. The molecule has 0 atom stereocenters. The van der Waals surface area contributed by atoms with Crippen molar-refractivity contribution >= 4 is 60.6 Å². The molecule has 0 radical (unpaired) electrons. The lowest BCUT2D eigenvalue weighted by Gasteiger charge is -2.05. The maximum absolute atomic E-state index is 4.05. The number of benzene rings is 2. The maximum atomic E-state index is 4.05. The molecule has 4 aromatic rings. The molecule has 0 amide bonds. The molecule has 2 aromatic carbocycles. The second kappa shape index (κ2) is 8.22. The van der Waals surface area contributed by atoms with E-state index in [1.807, 2.05) is 34.8 Å². The van der Waals surface area contributed by atoms with Gasteiger partial charge >= 0.3 is 0 Å². The van der Waals surface area contributed by atoms with Gasteiger partial charge in [-0.2, -0.15) is 0 Å². The minimum atomic E-state index is 1.18. The lowest BCUT2D eigenvalue weighted by atomic mass is 9.99. The quantitative estimate of drug-likeness (QED) is 0.279. The average Bonchev–Trinajstić information content (AvgIpc) is 3.29. The zero-order valence-corrected chi connectivity index (χ0v) is 19.6. The van der Waals surface area contributed by atoms with Gasteiger partial charge in [0, 0.05) is 29.9 Å². The molecule has 2 aromatic heterocycles. The van der Waals surface area contributed by atoms with Crippen LogP contribution in [-0.2, 0) is 0 Å². The van der Waals surface area contributed by atoms with Gasteiger partial charge in [0.1, 0.15) is 0 Å². The Hall–Kier alpha value is -2.68. The van der Waals surface area contributed by atoms with Gasteiger partial charge in [-0.25, -0.2) is 0 Å². The van der Waals surface area contributed by atoms with Crippen molar-refractivity contribution in [1.82, 2.24) is 0 Å². The van der Waals surface area contributed by atoms with E-state index in [1.165, 1.54) is 63.3 Å². The molecule has 2 heterocycles. The number of rotatable bonds is 5. The molecule has 0 bridgehead atoms. The van der Waals surface area contributed by atoms with Crippen molar-refractivity contribution < 1.29 is 0 Å². The molecule has 150 valence electrons. The number of fused-ring (bicyclic) bond motifs is 3. The van der Waals surface area contributed by atoms with E-state index in [2.05, 4.69) is 89.4 Å². The second-order valence-electron chi connectivity index (χ2n) is 7.82. The predicted molar refractivity (Wildman–Crippen MR) is 140 cm³/mol. The monoisotopic (exact) mass is 426 g/mol. The standard InChI is InChI=1S/C28H26S2/c1-7-17(3)11-22-15-27-24(12-18(22)4)25-13-19(5)23(16-28(25)30-27)14-21(8-2)26-10-9-20(6)29-26/h7-16H,1-2H2,3-6H3/b17-11-,21-14+. The lowest BCUT2D eigenvalue weighted by Crippen LogP contribution is -1.84. The normalized spacial score (nSPS) is 12.7. The third-order valence-corrected chi connectivity index (χ3v) is 7.67. The summed E-state index contributed by atoms with van der Waals surface area (Å²) in [5.41, 5.74) is 7.48. The Kier molecular flexibility index (Phi) is 5.64. The Bertz CT molecular complexity index is 1350. The van der Waals surface area contributed by atoms with Crippen LogP contribution < -0.4 is 0 Å². The Balaban J connectivity index is 1.87. The van der Waals surface area contributed by atoms with Gasteiger partial charge in [0.15, 0.2) is 0 Å². The molecule has 0 saturated heterocycles. The van der Waals surface area contributed by atoms with E-state index in [1.54, 1.807) is 0 Å². The van der Waals surface area contributed by atoms with Crippen molar-refractivity contribution in [3.05, 3.63) is 99.3 Å². The van der Waals surface area contributed by atoms with Crippen LogP contribution in [0.25, 0.3) is 37.9 Å². The largest absolute Gasteiger partial charge is 0.141 e. The molecule has 0 saturated carbocycles. The first kappa shape index (κ1) is 20.6. The molecule has 0 unspecified atom stereocenters. The van der Waals surface area contributed by atoms with E-state index in [9.17, 15) is 0 Å². The van der Waals surface area contributed by atoms with Gasteiger partial charge < -0.3 is 0 Å². The van der Waals surface area contributed by atoms with E-state index < -0.39 is 0 Å². The maximum Gasteiger partial charge on any atom is 0.0361 e. The van der Waals surface area contributed by atoms with Crippen LogP contribution in [0.2, 0.25) is 0 Å². The average molecular weight is 427 g/mol. The number of allylic oxidation sites excluding steroid dienone is 4. The van der Waals surface area contributed by atoms with Gasteiger partial charge in [0.25, 0.3) is 0 Å². The highest BCUT2D eigenvalue weighted by Gasteiger charge is 2.11. The van der Waals surface area contributed by atoms with Crippen molar-refractivity contribution in [2.75, 3.05) is 0 Å². The first-order chi connectivity index (χ1) is 14.4. The number of aryl methyl sites for hydroxylation is 3. The molecular weight excluding hydrogens is 400 g/mol. The van der Waals surface area contributed by atoms with Gasteiger partial charge in [0.2, 0.25) is 0 Å². The molecule has 0 nitrogen and oxygen atoms in total. The number of thiophene rings is 2. The fraction of sp³-hybridized carbons (Fsp3) is 0.143. The molecule has 2 heteroatoms. The highest BCUT2D eigenvalue weighted by Crippen LogP contribution is 2.38. The summed E-state index contributed by atoms with van der Waals surface area (Å²) in [6.07, 6.45) is 8.35. The van der Waals surface area contributed by atoms with Crippen LogP contribution in [0.4, 0.5) is 0 Å². The first-order valence-corrected chi connectivity index (χ1v) is 11.7. The number of hydrogen-bond acceptors (Lipinski definition) is 2. The van der Waals surface area contributed by atoms with E-state index in [-0.39, 0.29) is 0 Å². The predicted octanol–water partition coefficient (Wildman–Crippen LogP) is 9.36. The first-order valence-electron chi connectivity index (χ1n) is 10.1. The summed E-state index contributed by atoms with van der Waals surface area (Å²) in [5.74, 6) is 0. The van der Waals surface area contributed by atoms with E-state index >= 15 is 0 Å². The fourth-order valence-electron chi connectivity index (χ4n) is 3.72. The third kappa shape index (κ3) is 3.86. The zero-order valence-electron chi connectivity index (χ0n) is 18.0. The van der Waals surface area contributed by atoms with Crippen LogP contribution in [0.3, 0.4) is 0 Å². The molecule has 30 heavy (non-hydrogen) atoms. The topological polar surface area (TPSA) is 0 Å². The second-order valence-corrected chi connectivity index (χ2v) is 10.2. The Morgan fingerprint density at radius 1 is 0.767 bits per heavy atom. The minimum absolute atomic E-state index is 1.18. The molecular formula is C28H26S2. The zero-order chi connectivity index (χ0) is 21.4. The van der Waals surface area contributed by atoms with Crippen LogP contribution in [0.5, 0.6) is 0 Å². The van der Waals surface area contributed by atoms with Crippen LogP contribution in [0.15, 0.2) is 67.3 Å². The van der Waals surface area contributed by atoms with Crippen molar-refractivity contribution in [3.63, 3.8) is 0 Å². The smallest absolute Gasteiger partial charge is 0.0361 e. The van der Waals surface area contributed by atoms with Gasteiger partial charge in [0.05, 0.1) is 0 Å². The van der Waals surface area contributed by atoms with E-state index in [0.717, 1.165) is 0 Å². The Labute approximate surface area is 187 Å². The molecule has 0 spiro atoms. The van der Waals surface area contributed by atoms with Crippen molar-refractivity contribution in [2.45, 2.75) is 27.7 Å². The SMILES string of the molecule is C=C/C(C)=C\c1cc2sc3cc(/C=C(\C=C)c4ccc(C)s4)c(C)cc3c2cc1C. The summed E-state index contributed by atoms with van der Waals surface area (Å²) in [6.45, 7) is 16.6. The van der Waals surface area contributed by atoms with Crippen molar-refractivity contribution in [1.29, 1.82) is 0 Å². The van der Waals surface area contributed by atoms with Crippen LogP contribution >= 0.6 is 22.7 Å². The molecule has 0 N–H and O–H groups in total. The molecule has 0 aliphatic rings. The van der Waals surface area contributed by atoms with Gasteiger partial charge in [-0.3, -0.25) is 0 Å². The lowest BCUT2D eigenvalue weighted by molar-refractivity contribution is 1.46. The van der Waals surface area contributed by atoms with Gasteiger partial charge in [-0.05, 0) is 98.0 Å². The Morgan fingerprint density at radius 3 is 1.87 bits per heavy atom.